The van der Waals surface area contributed by atoms with E-state index < -0.39 is 36.9 Å². The number of hydrogen-bond acceptors (Lipinski definition) is 6. The maximum absolute atomic E-state index is 12.9. The van der Waals surface area contributed by atoms with Gasteiger partial charge >= 0.3 is 12.1 Å². The van der Waals surface area contributed by atoms with Gasteiger partial charge < -0.3 is 15.2 Å². The van der Waals surface area contributed by atoms with Crippen LogP contribution in [0.15, 0.2) is 53.9 Å². The molecule has 3 aromatic rings. The molecule has 1 unspecified atom stereocenters. The van der Waals surface area contributed by atoms with Crippen molar-refractivity contribution in [1.82, 2.24) is 10.3 Å². The molecule has 2 amide bonds. The molecule has 0 fully saturated rings. The number of aromatic nitrogens is 1. The highest BCUT2D eigenvalue weighted by molar-refractivity contribution is 7.13. The first-order valence-electron chi connectivity index (χ1n) is 10.7. The molecular weight excluding hydrogens is 480 g/mol. The number of alkyl halides is 2. The van der Waals surface area contributed by atoms with E-state index in [9.17, 15) is 23.2 Å². The Morgan fingerprint density at radius 2 is 1.69 bits per heavy atom. The normalized spacial score (nSPS) is 13.1. The number of benzene rings is 2. The van der Waals surface area contributed by atoms with E-state index in [1.807, 2.05) is 53.8 Å². The smallest absolute Gasteiger partial charge is 0.413 e. The second-order valence-corrected chi connectivity index (χ2v) is 8.74. The van der Waals surface area contributed by atoms with Crippen molar-refractivity contribution in [2.45, 2.75) is 31.2 Å². The Kier molecular flexibility index (Phi) is 7.35. The summed E-state index contributed by atoms with van der Waals surface area (Å²) in [7, 11) is 0. The van der Waals surface area contributed by atoms with Crippen molar-refractivity contribution in [1.29, 1.82) is 0 Å². The molecule has 3 N–H and O–H groups in total. The van der Waals surface area contributed by atoms with Gasteiger partial charge in [-0.05, 0) is 22.3 Å². The van der Waals surface area contributed by atoms with Gasteiger partial charge in [-0.1, -0.05) is 48.5 Å². The molecule has 0 bridgehead atoms. The molecule has 2 aromatic carbocycles. The lowest BCUT2D eigenvalue weighted by Crippen LogP contribution is -2.42. The Bertz CT molecular complexity index is 1200. The zero-order chi connectivity index (χ0) is 24.9. The van der Waals surface area contributed by atoms with E-state index in [4.69, 9.17) is 9.84 Å². The zero-order valence-corrected chi connectivity index (χ0v) is 19.1. The number of hydrogen-bond donors (Lipinski definition) is 3. The highest BCUT2D eigenvalue weighted by Crippen LogP contribution is 2.44. The first kappa shape index (κ1) is 24.3. The van der Waals surface area contributed by atoms with E-state index in [1.165, 1.54) is 5.38 Å². The lowest BCUT2D eigenvalue weighted by atomic mass is 9.98. The van der Waals surface area contributed by atoms with Crippen molar-refractivity contribution in [3.63, 3.8) is 0 Å². The summed E-state index contributed by atoms with van der Waals surface area (Å²) < 4.78 is 31.3. The third-order valence-corrected chi connectivity index (χ3v) is 6.30. The number of anilines is 1. The van der Waals surface area contributed by atoms with Gasteiger partial charge in [0.25, 0.3) is 6.43 Å². The number of nitrogens with one attached hydrogen (secondary N) is 2. The molecule has 1 aliphatic carbocycles. The molecule has 35 heavy (non-hydrogen) atoms. The molecule has 1 aliphatic rings. The lowest BCUT2D eigenvalue weighted by molar-refractivity contribution is -0.139. The Labute approximate surface area is 203 Å². The number of halogens is 2. The molecule has 0 spiro atoms. The number of aliphatic carboxylic acids is 1. The molecule has 1 atom stereocenters. The van der Waals surface area contributed by atoms with Gasteiger partial charge in [-0.2, -0.15) is 0 Å². The SMILES string of the molecule is O=C(O)CC(NC(=O)Cc1csc(NC(=O)OCC2c3ccccc3-c3ccccc32)n1)C(F)F. The van der Waals surface area contributed by atoms with Crippen molar-refractivity contribution in [2.75, 3.05) is 11.9 Å². The molecule has 0 radical (unpaired) electrons. The number of carboxylic acids is 1. The average Bonchev–Trinajstić information content (AvgIpc) is 3.38. The first-order valence-corrected chi connectivity index (χ1v) is 11.6. The minimum Gasteiger partial charge on any atom is -0.481 e. The summed E-state index contributed by atoms with van der Waals surface area (Å²) in [5.41, 5.74) is 4.61. The van der Waals surface area contributed by atoms with E-state index in [2.05, 4.69) is 10.3 Å². The van der Waals surface area contributed by atoms with E-state index in [1.54, 1.807) is 0 Å². The maximum Gasteiger partial charge on any atom is 0.413 e. The highest BCUT2D eigenvalue weighted by Gasteiger charge is 2.29. The summed E-state index contributed by atoms with van der Waals surface area (Å²) in [6.45, 7) is 0.124. The number of carbonyl (C=O) groups excluding carboxylic acids is 2. The molecule has 11 heteroatoms. The van der Waals surface area contributed by atoms with E-state index in [0.29, 0.717) is 0 Å². The fourth-order valence-corrected chi connectivity index (χ4v) is 4.68. The van der Waals surface area contributed by atoms with Gasteiger partial charge in [0.15, 0.2) is 5.13 Å². The van der Waals surface area contributed by atoms with Gasteiger partial charge in [0.05, 0.1) is 18.5 Å². The van der Waals surface area contributed by atoms with Crippen molar-refractivity contribution < 1.29 is 33.0 Å². The molecule has 0 saturated carbocycles. The van der Waals surface area contributed by atoms with Gasteiger partial charge in [0.1, 0.15) is 12.6 Å². The van der Waals surface area contributed by atoms with Crippen LogP contribution in [0.2, 0.25) is 0 Å². The fraction of sp³-hybridized carbons (Fsp3) is 0.250. The topological polar surface area (TPSA) is 118 Å². The van der Waals surface area contributed by atoms with Crippen molar-refractivity contribution in [3.05, 3.63) is 70.7 Å². The van der Waals surface area contributed by atoms with Crippen molar-refractivity contribution in [3.8, 4) is 11.1 Å². The number of thiazole rings is 1. The molecule has 182 valence electrons. The van der Waals surface area contributed by atoms with Crippen LogP contribution < -0.4 is 10.6 Å². The van der Waals surface area contributed by atoms with Crippen LogP contribution in [-0.4, -0.2) is 47.1 Å². The average molecular weight is 502 g/mol. The van der Waals surface area contributed by atoms with Crippen LogP contribution in [0, 0.1) is 0 Å². The third kappa shape index (κ3) is 5.80. The zero-order valence-electron chi connectivity index (χ0n) is 18.2. The summed E-state index contributed by atoms with van der Waals surface area (Å²) in [6, 6.07) is 14.1. The Morgan fingerprint density at radius 1 is 1.06 bits per heavy atom. The number of fused-ring (bicyclic) bond motifs is 3. The summed E-state index contributed by atoms with van der Waals surface area (Å²) >= 11 is 1.05. The van der Waals surface area contributed by atoms with Crippen LogP contribution in [0.3, 0.4) is 0 Å². The van der Waals surface area contributed by atoms with Crippen LogP contribution >= 0.6 is 11.3 Å². The van der Waals surface area contributed by atoms with Crippen LogP contribution in [0.25, 0.3) is 11.1 Å². The first-order chi connectivity index (χ1) is 16.8. The van der Waals surface area contributed by atoms with Gasteiger partial charge in [0.2, 0.25) is 5.91 Å². The minimum atomic E-state index is -3.02. The quantitative estimate of drug-likeness (QED) is 0.403. The number of nitrogens with zero attached hydrogens (tertiary/aromatic N) is 1. The second kappa shape index (κ2) is 10.6. The molecule has 1 heterocycles. The number of carbonyl (C=O) groups is 3. The Hall–Kier alpha value is -3.86. The molecule has 8 nitrogen and oxygen atoms in total. The Morgan fingerprint density at radius 3 is 2.29 bits per heavy atom. The van der Waals surface area contributed by atoms with Gasteiger partial charge in [0, 0.05) is 11.3 Å². The van der Waals surface area contributed by atoms with Crippen LogP contribution in [0.1, 0.15) is 29.2 Å². The highest BCUT2D eigenvalue weighted by atomic mass is 32.1. The Balaban J connectivity index is 1.31. The number of amides is 2. The molecular formula is C24H21F2N3O5S. The fourth-order valence-electron chi connectivity index (χ4n) is 3.98. The van der Waals surface area contributed by atoms with E-state index in [0.717, 1.165) is 33.6 Å². The second-order valence-electron chi connectivity index (χ2n) is 7.88. The number of rotatable bonds is 9. The summed E-state index contributed by atoms with van der Waals surface area (Å²) in [5, 5.41) is 14.9. The molecule has 4 rings (SSSR count). The van der Waals surface area contributed by atoms with Gasteiger partial charge in [-0.25, -0.2) is 18.6 Å². The predicted molar refractivity (Wildman–Crippen MR) is 125 cm³/mol. The molecule has 0 saturated heterocycles. The standard InChI is InChI=1S/C24H21F2N3O5S/c25-22(26)19(10-21(31)32)28-20(30)9-13-12-35-23(27-13)29-24(33)34-11-18-16-7-3-1-5-14(16)15-6-2-4-8-17(15)18/h1-8,12,18-19,22H,9-11H2,(H,28,30)(H,31,32)(H,27,29,33). The summed E-state index contributed by atoms with van der Waals surface area (Å²) in [4.78, 5) is 39.1. The molecule has 0 aliphatic heterocycles. The number of carboxylic acid groups (broad SMARTS) is 1. The minimum absolute atomic E-state index is 0.0997. The number of ether oxygens (including phenoxy) is 1. The summed E-state index contributed by atoms with van der Waals surface area (Å²) in [5.74, 6) is -2.34. The van der Waals surface area contributed by atoms with Crippen LogP contribution in [0.4, 0.5) is 18.7 Å². The van der Waals surface area contributed by atoms with Crippen LogP contribution in [0.5, 0.6) is 0 Å². The van der Waals surface area contributed by atoms with Gasteiger partial charge in [-0.3, -0.25) is 14.9 Å². The van der Waals surface area contributed by atoms with E-state index in [-0.39, 0.29) is 29.8 Å². The monoisotopic (exact) mass is 501 g/mol. The predicted octanol–water partition coefficient (Wildman–Crippen LogP) is 4.27. The summed E-state index contributed by atoms with van der Waals surface area (Å²) in [6.07, 6.45) is -4.96. The lowest BCUT2D eigenvalue weighted by Gasteiger charge is -2.15. The van der Waals surface area contributed by atoms with Crippen LogP contribution in [-0.2, 0) is 20.7 Å². The largest absolute Gasteiger partial charge is 0.481 e. The van der Waals surface area contributed by atoms with Crippen molar-refractivity contribution >= 4 is 34.4 Å². The maximum atomic E-state index is 12.9. The van der Waals surface area contributed by atoms with Crippen molar-refractivity contribution in [2.24, 2.45) is 0 Å². The third-order valence-electron chi connectivity index (χ3n) is 5.49. The van der Waals surface area contributed by atoms with Gasteiger partial charge in [-0.15, -0.1) is 11.3 Å². The van der Waals surface area contributed by atoms with E-state index >= 15 is 0 Å². The molecule has 1 aromatic heterocycles.